The van der Waals surface area contributed by atoms with Crippen molar-refractivity contribution < 1.29 is 39.8 Å². The number of unbranched alkanes of at least 4 members (excludes halogenated alkanes) is 13. The Morgan fingerprint density at radius 3 is 1.82 bits per heavy atom. The van der Waals surface area contributed by atoms with E-state index >= 15 is 0 Å². The third-order valence-corrected chi connectivity index (χ3v) is 9.02. The Hall–Kier alpha value is -2.11. The fourth-order valence-electron chi connectivity index (χ4n) is 5.75. The second-order valence-corrected chi connectivity index (χ2v) is 13.7. The van der Waals surface area contributed by atoms with Gasteiger partial charge >= 0.3 is 0 Å². The smallest absolute Gasteiger partial charge is 0.220 e. The molecule has 0 radical (unpaired) electrons. The van der Waals surface area contributed by atoms with E-state index < -0.39 is 49.5 Å². The number of rotatable bonds is 31. The molecule has 0 aromatic rings. The van der Waals surface area contributed by atoms with Crippen LogP contribution in [0.4, 0.5) is 0 Å². The van der Waals surface area contributed by atoms with Crippen molar-refractivity contribution in [3.05, 3.63) is 60.8 Å². The molecule has 1 aliphatic rings. The van der Waals surface area contributed by atoms with Gasteiger partial charge in [0.15, 0.2) is 6.29 Å². The summed E-state index contributed by atoms with van der Waals surface area (Å²) in [6.45, 7) is 3.61. The molecule has 9 nitrogen and oxygen atoms in total. The van der Waals surface area contributed by atoms with Gasteiger partial charge in [-0.15, -0.1) is 0 Å². The van der Waals surface area contributed by atoms with Crippen LogP contribution in [-0.4, -0.2) is 87.5 Å². The number of carbonyl (C=O) groups excluding carboxylic acids is 1. The number of aliphatic hydroxyl groups excluding tert-OH is 5. The van der Waals surface area contributed by atoms with Gasteiger partial charge in [0.25, 0.3) is 0 Å². The zero-order valence-corrected chi connectivity index (χ0v) is 31.8. The van der Waals surface area contributed by atoms with E-state index in [9.17, 15) is 30.3 Å². The second kappa shape index (κ2) is 32.5. The number of hydrogen-bond acceptors (Lipinski definition) is 8. The summed E-state index contributed by atoms with van der Waals surface area (Å²) in [7, 11) is 0. The van der Waals surface area contributed by atoms with Crippen molar-refractivity contribution in [2.24, 2.45) is 0 Å². The topological polar surface area (TPSA) is 149 Å². The van der Waals surface area contributed by atoms with Crippen molar-refractivity contribution in [3.8, 4) is 0 Å². The lowest BCUT2D eigenvalue weighted by Gasteiger charge is -2.40. The molecule has 0 bridgehead atoms. The number of ether oxygens (including phenoxy) is 2. The monoisotopic (exact) mass is 720 g/mol. The molecule has 7 atom stereocenters. The number of nitrogens with one attached hydrogen (secondary N) is 1. The lowest BCUT2D eigenvalue weighted by molar-refractivity contribution is -0.302. The van der Waals surface area contributed by atoms with Gasteiger partial charge in [-0.3, -0.25) is 4.79 Å². The standard InChI is InChI=1S/C42H73NO8/c1-3-5-7-9-11-13-15-16-17-18-19-20-22-24-26-28-30-32-38(46)43-35(34-50-42-41(49)40(48)39(47)37(33-44)51-42)36(45)31-29-27-25-23-21-14-12-10-8-6-4-2/h8,10-11,13,16-17,21,23,29,31,35-37,39-42,44-45,47-49H,3-7,9,12,14-15,18-20,22,24-28,30,32-34H2,1-2H3,(H,43,46)/b10-8+,13-11-,17-16-,23-21+,31-29+. The van der Waals surface area contributed by atoms with E-state index in [0.717, 1.165) is 77.0 Å². The molecule has 0 aromatic carbocycles. The predicted octanol–water partition coefficient (Wildman–Crippen LogP) is 7.27. The lowest BCUT2D eigenvalue weighted by Crippen LogP contribution is -2.60. The van der Waals surface area contributed by atoms with Crippen molar-refractivity contribution in [2.45, 2.75) is 185 Å². The Kier molecular flexibility index (Phi) is 29.9. The summed E-state index contributed by atoms with van der Waals surface area (Å²) in [6, 6.07) is -0.831. The van der Waals surface area contributed by atoms with Gasteiger partial charge in [-0.2, -0.15) is 0 Å². The van der Waals surface area contributed by atoms with E-state index in [1.54, 1.807) is 6.08 Å². The van der Waals surface area contributed by atoms with Gasteiger partial charge in [-0.1, -0.05) is 126 Å². The summed E-state index contributed by atoms with van der Waals surface area (Å²) >= 11 is 0. The zero-order valence-electron chi connectivity index (χ0n) is 31.8. The van der Waals surface area contributed by atoms with Crippen LogP contribution in [0, 0.1) is 0 Å². The summed E-state index contributed by atoms with van der Waals surface area (Å²) in [5.41, 5.74) is 0. The van der Waals surface area contributed by atoms with Crippen LogP contribution in [0.2, 0.25) is 0 Å². The average molecular weight is 720 g/mol. The quantitative estimate of drug-likeness (QED) is 0.0324. The SMILES string of the molecule is CCC/C=C/CC/C=C/CC/C=C/C(O)C(COC1OC(CO)C(O)C(O)C1O)NC(=O)CCCCCCCCC/C=C\C/C=C\CCCCC. The molecule has 0 spiro atoms. The highest BCUT2D eigenvalue weighted by Gasteiger charge is 2.44. The minimum Gasteiger partial charge on any atom is -0.394 e. The Labute approximate surface area is 309 Å². The third kappa shape index (κ3) is 24.0. The highest BCUT2D eigenvalue weighted by atomic mass is 16.7. The first-order chi connectivity index (χ1) is 24.8. The fraction of sp³-hybridized carbons (Fsp3) is 0.738. The van der Waals surface area contributed by atoms with Crippen LogP contribution in [0.1, 0.15) is 142 Å². The van der Waals surface area contributed by atoms with Crippen LogP contribution in [0.3, 0.4) is 0 Å². The Balaban J connectivity index is 2.44. The summed E-state index contributed by atoms with van der Waals surface area (Å²) in [5, 5.41) is 53.9. The van der Waals surface area contributed by atoms with Crippen LogP contribution < -0.4 is 5.32 Å². The summed E-state index contributed by atoms with van der Waals surface area (Å²) < 4.78 is 11.1. The number of aliphatic hydroxyl groups is 5. The molecule has 1 amide bonds. The molecule has 1 rings (SSSR count). The van der Waals surface area contributed by atoms with Crippen LogP contribution >= 0.6 is 0 Å². The molecular weight excluding hydrogens is 646 g/mol. The van der Waals surface area contributed by atoms with Crippen LogP contribution in [-0.2, 0) is 14.3 Å². The average Bonchev–Trinajstić information content (AvgIpc) is 3.13. The first-order valence-corrected chi connectivity index (χ1v) is 20.0. The first-order valence-electron chi connectivity index (χ1n) is 20.0. The van der Waals surface area contributed by atoms with Gasteiger partial charge in [0.2, 0.25) is 5.91 Å². The maximum atomic E-state index is 12.9. The minimum atomic E-state index is -1.58. The molecule has 6 N–H and O–H groups in total. The van der Waals surface area contributed by atoms with Crippen molar-refractivity contribution in [1.29, 1.82) is 0 Å². The Morgan fingerprint density at radius 1 is 0.667 bits per heavy atom. The van der Waals surface area contributed by atoms with Gasteiger partial charge in [-0.25, -0.2) is 0 Å². The maximum absolute atomic E-state index is 12.9. The van der Waals surface area contributed by atoms with Gasteiger partial charge in [0, 0.05) is 6.42 Å². The van der Waals surface area contributed by atoms with Crippen molar-refractivity contribution in [3.63, 3.8) is 0 Å². The first kappa shape index (κ1) is 46.9. The predicted molar refractivity (Wildman–Crippen MR) is 207 cm³/mol. The summed E-state index contributed by atoms with van der Waals surface area (Å²) in [4.78, 5) is 12.9. The van der Waals surface area contributed by atoms with Crippen LogP contribution in [0.5, 0.6) is 0 Å². The largest absolute Gasteiger partial charge is 0.394 e. The maximum Gasteiger partial charge on any atom is 0.220 e. The number of amides is 1. The highest BCUT2D eigenvalue weighted by molar-refractivity contribution is 5.76. The second-order valence-electron chi connectivity index (χ2n) is 13.7. The zero-order chi connectivity index (χ0) is 37.4. The van der Waals surface area contributed by atoms with Crippen molar-refractivity contribution in [1.82, 2.24) is 5.32 Å². The van der Waals surface area contributed by atoms with E-state index in [4.69, 9.17) is 9.47 Å². The van der Waals surface area contributed by atoms with E-state index in [1.807, 2.05) is 6.08 Å². The minimum absolute atomic E-state index is 0.205. The molecule has 0 aromatic heterocycles. The molecule has 1 saturated heterocycles. The number of carbonyl (C=O) groups is 1. The normalized spacial score (nSPS) is 22.7. The lowest BCUT2D eigenvalue weighted by atomic mass is 9.99. The fourth-order valence-corrected chi connectivity index (χ4v) is 5.75. The van der Waals surface area contributed by atoms with Crippen LogP contribution in [0.25, 0.3) is 0 Å². The molecule has 1 fully saturated rings. The molecule has 1 heterocycles. The molecule has 7 unspecified atom stereocenters. The van der Waals surface area contributed by atoms with Gasteiger partial charge < -0.3 is 40.3 Å². The van der Waals surface area contributed by atoms with Crippen molar-refractivity contribution >= 4 is 5.91 Å². The number of hydrogen-bond donors (Lipinski definition) is 6. The van der Waals surface area contributed by atoms with Gasteiger partial charge in [0.1, 0.15) is 24.4 Å². The van der Waals surface area contributed by atoms with Crippen molar-refractivity contribution in [2.75, 3.05) is 13.2 Å². The molecule has 1 aliphatic heterocycles. The van der Waals surface area contributed by atoms with E-state index in [-0.39, 0.29) is 12.5 Å². The molecule has 0 saturated carbocycles. The molecule has 0 aliphatic carbocycles. The molecule has 9 heteroatoms. The van der Waals surface area contributed by atoms with E-state index in [2.05, 4.69) is 67.8 Å². The Morgan fingerprint density at radius 2 is 1.22 bits per heavy atom. The number of allylic oxidation sites excluding steroid dienone is 9. The van der Waals surface area contributed by atoms with E-state index in [0.29, 0.717) is 6.42 Å². The Bertz CT molecular complexity index is 978. The third-order valence-electron chi connectivity index (χ3n) is 9.02. The van der Waals surface area contributed by atoms with Gasteiger partial charge in [0.05, 0.1) is 25.4 Å². The molecular formula is C42H73NO8. The van der Waals surface area contributed by atoms with E-state index in [1.165, 1.54) is 44.9 Å². The van der Waals surface area contributed by atoms with Gasteiger partial charge in [-0.05, 0) is 70.6 Å². The summed E-state index contributed by atoms with van der Waals surface area (Å²) in [6.07, 6.45) is 34.1. The highest BCUT2D eigenvalue weighted by Crippen LogP contribution is 2.22. The molecule has 51 heavy (non-hydrogen) atoms. The van der Waals surface area contributed by atoms with Crippen LogP contribution in [0.15, 0.2) is 60.8 Å². The molecule has 294 valence electrons. The summed E-state index contributed by atoms with van der Waals surface area (Å²) in [5.74, 6) is -0.205.